The zero-order chi connectivity index (χ0) is 21.0. The van der Waals surface area contributed by atoms with Crippen molar-refractivity contribution >= 4 is 17.7 Å². The Kier molecular flexibility index (Phi) is 5.96. The van der Waals surface area contributed by atoms with E-state index in [2.05, 4.69) is 20.6 Å². The molecule has 2 amide bonds. The van der Waals surface area contributed by atoms with Gasteiger partial charge in [0.1, 0.15) is 5.60 Å². The Morgan fingerprint density at radius 3 is 2.79 bits per heavy atom. The van der Waals surface area contributed by atoms with Crippen molar-refractivity contribution in [2.75, 3.05) is 5.32 Å². The Morgan fingerprint density at radius 2 is 2.03 bits per heavy atom. The number of aromatic nitrogens is 2. The molecule has 0 saturated carbocycles. The molecule has 2 aromatic rings. The van der Waals surface area contributed by atoms with E-state index in [-0.39, 0.29) is 17.9 Å². The molecule has 0 spiro atoms. The molecule has 0 fully saturated rings. The lowest BCUT2D eigenvalue weighted by Gasteiger charge is -2.24. The van der Waals surface area contributed by atoms with Gasteiger partial charge < -0.3 is 15.4 Å². The SMILES string of the molecule is C[C@@H]1C=CC[C@H](NC(=O)OC(C)(C)C)c2cncc(c2)-c2ccncc2NC1=O. The molecule has 3 rings (SSSR count). The lowest BCUT2D eigenvalue weighted by molar-refractivity contribution is -0.118. The lowest BCUT2D eigenvalue weighted by Crippen LogP contribution is -2.35. The zero-order valence-corrected chi connectivity index (χ0v) is 17.1. The van der Waals surface area contributed by atoms with E-state index in [4.69, 9.17) is 4.74 Å². The van der Waals surface area contributed by atoms with Crippen LogP contribution in [0.15, 0.2) is 49.1 Å². The Bertz CT molecular complexity index is 934. The monoisotopic (exact) mass is 394 g/mol. The standard InChI is InChI=1S/C22H26N4O3/c1-14-6-5-7-18(26-21(28)29-22(2,3)4)16-10-15(11-24-12-16)17-8-9-23-13-19(17)25-20(14)27/h5-6,8-14,18H,7H2,1-4H3,(H,25,27)(H,26,28)/t14-,18+/m1/s1. The van der Waals surface area contributed by atoms with E-state index in [1.165, 1.54) is 0 Å². The third kappa shape index (κ3) is 5.40. The quantitative estimate of drug-likeness (QED) is 0.706. The van der Waals surface area contributed by atoms with Crippen molar-refractivity contribution in [1.82, 2.24) is 15.3 Å². The predicted molar refractivity (Wildman–Crippen MR) is 111 cm³/mol. The highest BCUT2D eigenvalue weighted by Gasteiger charge is 2.22. The molecule has 3 heterocycles. The van der Waals surface area contributed by atoms with Crippen LogP contribution < -0.4 is 10.6 Å². The molecule has 152 valence electrons. The molecule has 1 aliphatic rings. The van der Waals surface area contributed by atoms with E-state index in [1.807, 2.05) is 52.0 Å². The van der Waals surface area contributed by atoms with Crippen molar-refractivity contribution in [3.63, 3.8) is 0 Å². The van der Waals surface area contributed by atoms with Crippen LogP contribution in [0.3, 0.4) is 0 Å². The molecule has 2 bridgehead atoms. The second-order valence-electron chi connectivity index (χ2n) is 8.07. The highest BCUT2D eigenvalue weighted by molar-refractivity contribution is 5.97. The summed E-state index contributed by atoms with van der Waals surface area (Å²) in [5, 5.41) is 5.86. The predicted octanol–water partition coefficient (Wildman–Crippen LogP) is 4.24. The van der Waals surface area contributed by atoms with Gasteiger partial charge in [0, 0.05) is 29.7 Å². The molecule has 0 aliphatic carbocycles. The van der Waals surface area contributed by atoms with Crippen LogP contribution >= 0.6 is 0 Å². The minimum Gasteiger partial charge on any atom is -0.444 e. The molecule has 1 aliphatic heterocycles. The highest BCUT2D eigenvalue weighted by Crippen LogP contribution is 2.30. The van der Waals surface area contributed by atoms with Gasteiger partial charge in [-0.15, -0.1) is 0 Å². The van der Waals surface area contributed by atoms with Gasteiger partial charge in [-0.1, -0.05) is 19.1 Å². The van der Waals surface area contributed by atoms with Crippen LogP contribution in [0, 0.1) is 5.92 Å². The lowest BCUT2D eigenvalue weighted by atomic mass is 9.98. The van der Waals surface area contributed by atoms with Crippen molar-refractivity contribution in [3.05, 3.63) is 54.6 Å². The topological polar surface area (TPSA) is 93.2 Å². The number of hydrogen-bond acceptors (Lipinski definition) is 5. The maximum Gasteiger partial charge on any atom is 0.408 e. The third-order valence-corrected chi connectivity index (χ3v) is 4.45. The summed E-state index contributed by atoms with van der Waals surface area (Å²) in [4.78, 5) is 33.4. The molecule has 2 N–H and O–H groups in total. The van der Waals surface area contributed by atoms with Crippen LogP contribution in [-0.4, -0.2) is 27.6 Å². The molecule has 7 nitrogen and oxygen atoms in total. The molecule has 0 aromatic carbocycles. The Morgan fingerprint density at radius 1 is 1.24 bits per heavy atom. The number of pyridine rings is 2. The summed E-state index contributed by atoms with van der Waals surface area (Å²) >= 11 is 0. The molecular weight excluding hydrogens is 368 g/mol. The molecule has 2 aromatic heterocycles. The fourth-order valence-corrected chi connectivity index (χ4v) is 3.02. The van der Waals surface area contributed by atoms with Gasteiger partial charge in [-0.05, 0) is 44.9 Å². The van der Waals surface area contributed by atoms with Crippen molar-refractivity contribution in [2.45, 2.75) is 45.8 Å². The van der Waals surface area contributed by atoms with Crippen molar-refractivity contribution < 1.29 is 14.3 Å². The van der Waals surface area contributed by atoms with Gasteiger partial charge in [0.2, 0.25) is 5.91 Å². The van der Waals surface area contributed by atoms with E-state index in [9.17, 15) is 9.59 Å². The summed E-state index contributed by atoms with van der Waals surface area (Å²) < 4.78 is 5.41. The van der Waals surface area contributed by atoms with Crippen molar-refractivity contribution in [3.8, 4) is 11.1 Å². The molecule has 0 radical (unpaired) electrons. The average Bonchev–Trinajstić information content (AvgIpc) is 2.65. The normalized spacial score (nSPS) is 19.2. The number of nitrogens with zero attached hydrogens (tertiary/aromatic N) is 2. The number of alkyl carbamates (subject to hydrolysis) is 1. The number of rotatable bonds is 1. The minimum atomic E-state index is -0.593. The van der Waals surface area contributed by atoms with Gasteiger partial charge >= 0.3 is 6.09 Å². The molecular formula is C22H26N4O3. The third-order valence-electron chi connectivity index (χ3n) is 4.45. The Balaban J connectivity index is 2.01. The summed E-state index contributed by atoms with van der Waals surface area (Å²) in [6.07, 6.45) is 10.5. The second kappa shape index (κ2) is 8.43. The molecule has 2 atom stereocenters. The molecule has 7 heteroatoms. The van der Waals surface area contributed by atoms with Gasteiger partial charge in [0.25, 0.3) is 0 Å². The van der Waals surface area contributed by atoms with Crippen LogP contribution in [0.2, 0.25) is 0 Å². The first-order chi connectivity index (χ1) is 13.7. The summed E-state index contributed by atoms with van der Waals surface area (Å²) in [6.45, 7) is 7.29. The molecule has 0 saturated heterocycles. The van der Waals surface area contributed by atoms with E-state index >= 15 is 0 Å². The highest BCUT2D eigenvalue weighted by atomic mass is 16.6. The van der Waals surface area contributed by atoms with E-state index in [1.54, 1.807) is 24.8 Å². The number of anilines is 1. The number of hydrogen-bond donors (Lipinski definition) is 2. The number of fused-ring (bicyclic) bond motifs is 4. The fraction of sp³-hybridized carbons (Fsp3) is 0.364. The van der Waals surface area contributed by atoms with Gasteiger partial charge in [-0.2, -0.15) is 0 Å². The van der Waals surface area contributed by atoms with E-state index in [0.29, 0.717) is 12.1 Å². The van der Waals surface area contributed by atoms with E-state index in [0.717, 1.165) is 16.7 Å². The molecule has 29 heavy (non-hydrogen) atoms. The number of amides is 2. The first-order valence-electron chi connectivity index (χ1n) is 9.59. The summed E-state index contributed by atoms with van der Waals surface area (Å²) in [7, 11) is 0. The minimum absolute atomic E-state index is 0.128. The summed E-state index contributed by atoms with van der Waals surface area (Å²) in [5.74, 6) is -0.460. The van der Waals surface area contributed by atoms with Gasteiger partial charge in [0.05, 0.1) is 23.8 Å². The molecule has 0 unspecified atom stereocenters. The smallest absolute Gasteiger partial charge is 0.408 e. The van der Waals surface area contributed by atoms with Gasteiger partial charge in [0.15, 0.2) is 0 Å². The maximum atomic E-state index is 12.5. The number of carbonyl (C=O) groups is 2. The maximum absolute atomic E-state index is 12.5. The van der Waals surface area contributed by atoms with Gasteiger partial charge in [-0.3, -0.25) is 14.8 Å². The van der Waals surface area contributed by atoms with Crippen LogP contribution in [-0.2, 0) is 9.53 Å². The largest absolute Gasteiger partial charge is 0.444 e. The summed E-state index contributed by atoms with van der Waals surface area (Å²) in [5.41, 5.74) is 2.52. The van der Waals surface area contributed by atoms with Gasteiger partial charge in [-0.25, -0.2) is 4.79 Å². The van der Waals surface area contributed by atoms with Crippen LogP contribution in [0.25, 0.3) is 11.1 Å². The van der Waals surface area contributed by atoms with E-state index < -0.39 is 11.7 Å². The fourth-order valence-electron chi connectivity index (χ4n) is 3.02. The first-order valence-corrected chi connectivity index (χ1v) is 9.59. The number of nitrogens with one attached hydrogen (secondary N) is 2. The van der Waals surface area contributed by atoms with Crippen molar-refractivity contribution in [2.24, 2.45) is 5.92 Å². The Hall–Kier alpha value is -3.22. The second-order valence-corrected chi connectivity index (χ2v) is 8.07. The Labute approximate surface area is 170 Å². The van der Waals surface area contributed by atoms with Crippen molar-refractivity contribution in [1.29, 1.82) is 0 Å². The number of carbonyl (C=O) groups excluding carboxylic acids is 2. The van der Waals surface area contributed by atoms with Crippen LogP contribution in [0.5, 0.6) is 0 Å². The van der Waals surface area contributed by atoms with Crippen LogP contribution in [0.4, 0.5) is 10.5 Å². The first kappa shape index (κ1) is 20.5. The zero-order valence-electron chi connectivity index (χ0n) is 17.1. The number of ether oxygens (including phenoxy) is 1. The van der Waals surface area contributed by atoms with Crippen LogP contribution in [0.1, 0.15) is 45.7 Å². The average molecular weight is 394 g/mol. The summed E-state index contributed by atoms with van der Waals surface area (Å²) in [6, 6.07) is 3.45.